The van der Waals surface area contributed by atoms with Crippen molar-refractivity contribution in [2.24, 2.45) is 0 Å². The van der Waals surface area contributed by atoms with Gasteiger partial charge in [0.25, 0.3) is 0 Å². The van der Waals surface area contributed by atoms with Gasteiger partial charge in [0.1, 0.15) is 11.4 Å². The number of rotatable bonds is 6. The molecule has 0 saturated carbocycles. The number of aliphatic hydroxyl groups is 1. The van der Waals surface area contributed by atoms with E-state index in [9.17, 15) is 5.11 Å². The number of aromatic nitrogens is 4. The van der Waals surface area contributed by atoms with Gasteiger partial charge in [-0.05, 0) is 45.0 Å². The van der Waals surface area contributed by atoms with E-state index in [1.165, 1.54) is 0 Å². The van der Waals surface area contributed by atoms with E-state index in [0.29, 0.717) is 28.1 Å². The lowest BCUT2D eigenvalue weighted by atomic mass is 10.0. The van der Waals surface area contributed by atoms with Gasteiger partial charge >= 0.3 is 0 Å². The van der Waals surface area contributed by atoms with E-state index >= 15 is 0 Å². The van der Waals surface area contributed by atoms with Crippen LogP contribution in [0.1, 0.15) is 25.2 Å². The summed E-state index contributed by atoms with van der Waals surface area (Å²) in [5.74, 6) is 1.00. The first-order chi connectivity index (χ1) is 15.2. The van der Waals surface area contributed by atoms with Crippen LogP contribution in [0.4, 0.5) is 11.6 Å². The number of halogens is 1. The Labute approximate surface area is 191 Å². The SMILES string of the molecule is COc1cc(Nc2nc(-c3ccccc3Cl)cc(C(C)(C)O)n2)ccc1-n1cnc(C)c1. The molecule has 2 N–H and O–H groups in total. The van der Waals surface area contributed by atoms with Crippen molar-refractivity contribution in [3.05, 3.63) is 77.5 Å². The van der Waals surface area contributed by atoms with Crippen molar-refractivity contribution in [2.45, 2.75) is 26.4 Å². The van der Waals surface area contributed by atoms with Gasteiger partial charge in [-0.1, -0.05) is 29.8 Å². The van der Waals surface area contributed by atoms with Crippen LogP contribution in [-0.2, 0) is 5.60 Å². The first kappa shape index (κ1) is 21.8. The maximum atomic E-state index is 10.6. The van der Waals surface area contributed by atoms with Crippen molar-refractivity contribution in [1.82, 2.24) is 19.5 Å². The standard InChI is InChI=1S/C24H24ClN5O2/c1-15-13-30(14-26-15)20-10-9-16(11-21(20)32-4)27-23-28-19(12-22(29-23)24(2,3)31)17-7-5-6-8-18(17)25/h5-14,31H,1-4H3,(H,27,28,29). The summed E-state index contributed by atoms with van der Waals surface area (Å²) in [6.45, 7) is 5.29. The van der Waals surface area contributed by atoms with E-state index in [2.05, 4.69) is 20.3 Å². The van der Waals surface area contributed by atoms with Gasteiger partial charge in [0.2, 0.25) is 5.95 Å². The molecule has 0 amide bonds. The van der Waals surface area contributed by atoms with Crippen molar-refractivity contribution >= 4 is 23.2 Å². The summed E-state index contributed by atoms with van der Waals surface area (Å²) in [6, 6.07) is 14.9. The molecular formula is C24H24ClN5O2. The topological polar surface area (TPSA) is 85.1 Å². The fourth-order valence-electron chi connectivity index (χ4n) is 3.27. The third kappa shape index (κ3) is 4.59. The van der Waals surface area contributed by atoms with Crippen LogP contribution in [0.2, 0.25) is 5.02 Å². The van der Waals surface area contributed by atoms with E-state index in [0.717, 1.165) is 22.6 Å². The fourth-order valence-corrected chi connectivity index (χ4v) is 3.51. The highest BCUT2D eigenvalue weighted by Gasteiger charge is 2.21. The Balaban J connectivity index is 1.74. The molecule has 0 aliphatic carbocycles. The number of anilines is 2. The highest BCUT2D eigenvalue weighted by Crippen LogP contribution is 2.32. The number of hydrogen-bond donors (Lipinski definition) is 2. The summed E-state index contributed by atoms with van der Waals surface area (Å²) in [4.78, 5) is 13.4. The largest absolute Gasteiger partial charge is 0.494 e. The molecule has 0 aliphatic heterocycles. The van der Waals surface area contributed by atoms with Crippen molar-refractivity contribution in [1.29, 1.82) is 0 Å². The second kappa shape index (κ2) is 8.61. The molecule has 0 aliphatic rings. The molecule has 2 heterocycles. The van der Waals surface area contributed by atoms with Crippen LogP contribution in [0, 0.1) is 6.92 Å². The summed E-state index contributed by atoms with van der Waals surface area (Å²) in [6.07, 6.45) is 3.67. The van der Waals surface area contributed by atoms with Crippen LogP contribution in [0.25, 0.3) is 16.9 Å². The van der Waals surface area contributed by atoms with Gasteiger partial charge in [-0.25, -0.2) is 15.0 Å². The molecule has 2 aromatic heterocycles. The van der Waals surface area contributed by atoms with Crippen LogP contribution >= 0.6 is 11.6 Å². The van der Waals surface area contributed by atoms with Gasteiger partial charge in [-0.2, -0.15) is 0 Å². The average Bonchev–Trinajstić information content (AvgIpc) is 3.19. The van der Waals surface area contributed by atoms with Crippen LogP contribution in [0.3, 0.4) is 0 Å². The van der Waals surface area contributed by atoms with Crippen LogP contribution < -0.4 is 10.1 Å². The monoisotopic (exact) mass is 449 g/mol. The van der Waals surface area contributed by atoms with Gasteiger partial charge in [0, 0.05) is 28.5 Å². The molecule has 0 spiro atoms. The van der Waals surface area contributed by atoms with E-state index in [1.54, 1.807) is 39.4 Å². The molecule has 0 bridgehead atoms. The molecule has 7 nitrogen and oxygen atoms in total. The number of aryl methyl sites for hydroxylation is 1. The van der Waals surface area contributed by atoms with E-state index < -0.39 is 5.60 Å². The second-order valence-corrected chi connectivity index (χ2v) is 8.34. The van der Waals surface area contributed by atoms with Crippen LogP contribution in [0.15, 0.2) is 61.1 Å². The highest BCUT2D eigenvalue weighted by atomic mass is 35.5. The third-order valence-electron chi connectivity index (χ3n) is 4.93. The summed E-state index contributed by atoms with van der Waals surface area (Å²) in [5.41, 5.74) is 3.20. The van der Waals surface area contributed by atoms with Gasteiger partial charge in [0.15, 0.2) is 0 Å². The Hall–Kier alpha value is -3.42. The number of hydrogen-bond acceptors (Lipinski definition) is 6. The number of benzene rings is 2. The molecule has 8 heteroatoms. The summed E-state index contributed by atoms with van der Waals surface area (Å²) < 4.78 is 7.49. The minimum absolute atomic E-state index is 0.341. The molecular weight excluding hydrogens is 426 g/mol. The number of methoxy groups -OCH3 is 1. The Bertz CT molecular complexity index is 1260. The molecule has 0 radical (unpaired) electrons. The molecule has 0 unspecified atom stereocenters. The van der Waals surface area contributed by atoms with E-state index in [1.807, 2.05) is 54.1 Å². The number of ether oxygens (including phenoxy) is 1. The lowest BCUT2D eigenvalue weighted by Gasteiger charge is -2.19. The summed E-state index contributed by atoms with van der Waals surface area (Å²) in [5, 5.41) is 14.4. The molecule has 4 rings (SSSR count). The summed E-state index contributed by atoms with van der Waals surface area (Å²) >= 11 is 6.39. The number of imidazole rings is 1. The molecule has 164 valence electrons. The zero-order valence-corrected chi connectivity index (χ0v) is 19.1. The lowest BCUT2D eigenvalue weighted by Crippen LogP contribution is -2.19. The zero-order chi connectivity index (χ0) is 22.9. The van der Waals surface area contributed by atoms with Crippen molar-refractivity contribution in [2.75, 3.05) is 12.4 Å². The molecule has 0 saturated heterocycles. The van der Waals surface area contributed by atoms with Gasteiger partial charge in [0.05, 0.1) is 36.2 Å². The molecule has 4 aromatic rings. The highest BCUT2D eigenvalue weighted by molar-refractivity contribution is 6.33. The zero-order valence-electron chi connectivity index (χ0n) is 18.3. The number of nitrogens with zero attached hydrogens (tertiary/aromatic N) is 4. The smallest absolute Gasteiger partial charge is 0.228 e. The maximum absolute atomic E-state index is 10.6. The molecule has 32 heavy (non-hydrogen) atoms. The Morgan fingerprint density at radius 3 is 2.53 bits per heavy atom. The quantitative estimate of drug-likeness (QED) is 0.417. The predicted molar refractivity (Wildman–Crippen MR) is 126 cm³/mol. The van der Waals surface area contributed by atoms with E-state index in [-0.39, 0.29) is 0 Å². The minimum atomic E-state index is -1.16. The Morgan fingerprint density at radius 2 is 1.88 bits per heavy atom. The molecule has 0 fully saturated rings. The maximum Gasteiger partial charge on any atom is 0.228 e. The number of nitrogens with one attached hydrogen (secondary N) is 1. The third-order valence-corrected chi connectivity index (χ3v) is 5.26. The Morgan fingerprint density at radius 1 is 1.09 bits per heavy atom. The van der Waals surface area contributed by atoms with Gasteiger partial charge < -0.3 is 19.7 Å². The first-order valence-corrected chi connectivity index (χ1v) is 10.5. The minimum Gasteiger partial charge on any atom is -0.494 e. The molecule has 0 atom stereocenters. The van der Waals surface area contributed by atoms with Crippen LogP contribution in [-0.4, -0.2) is 31.7 Å². The van der Waals surface area contributed by atoms with Gasteiger partial charge in [-0.3, -0.25) is 0 Å². The lowest BCUT2D eigenvalue weighted by molar-refractivity contribution is 0.0739. The Kier molecular flexibility index (Phi) is 5.86. The van der Waals surface area contributed by atoms with Crippen molar-refractivity contribution in [3.8, 4) is 22.7 Å². The molecule has 2 aromatic carbocycles. The second-order valence-electron chi connectivity index (χ2n) is 7.93. The predicted octanol–water partition coefficient (Wildman–Crippen LogP) is 5.27. The van der Waals surface area contributed by atoms with E-state index in [4.69, 9.17) is 16.3 Å². The fraction of sp³-hybridized carbons (Fsp3) is 0.208. The normalized spacial score (nSPS) is 11.4. The van der Waals surface area contributed by atoms with Crippen LogP contribution in [0.5, 0.6) is 5.75 Å². The first-order valence-electron chi connectivity index (χ1n) is 10.1. The van der Waals surface area contributed by atoms with Gasteiger partial charge in [-0.15, -0.1) is 0 Å². The van der Waals surface area contributed by atoms with Crippen molar-refractivity contribution in [3.63, 3.8) is 0 Å². The summed E-state index contributed by atoms with van der Waals surface area (Å²) in [7, 11) is 1.62. The van der Waals surface area contributed by atoms with Crippen molar-refractivity contribution < 1.29 is 9.84 Å². The average molecular weight is 450 g/mol.